The number of Topliss-reactive ketones (excluding diaryl/α,β-unsaturated/α-hetero) is 1. The van der Waals surface area contributed by atoms with Crippen molar-refractivity contribution in [1.82, 2.24) is 19.3 Å². The van der Waals surface area contributed by atoms with Crippen LogP contribution in [-0.2, 0) is 19.5 Å². The van der Waals surface area contributed by atoms with E-state index in [0.717, 1.165) is 21.9 Å². The summed E-state index contributed by atoms with van der Waals surface area (Å²) in [5, 5.41) is 6.72. The molecule has 6 nitrogen and oxygen atoms in total. The number of nitrogens with zero attached hydrogens (tertiary/aromatic N) is 3. The molecule has 0 fully saturated rings. The van der Waals surface area contributed by atoms with Crippen LogP contribution in [0.25, 0.3) is 0 Å². The quantitative estimate of drug-likeness (QED) is 0.429. The molecule has 30 heavy (non-hydrogen) atoms. The Morgan fingerprint density at radius 2 is 1.87 bits per heavy atom. The van der Waals surface area contributed by atoms with Crippen LogP contribution in [0.5, 0.6) is 0 Å². The highest BCUT2D eigenvalue weighted by atomic mass is 32.2. The van der Waals surface area contributed by atoms with Gasteiger partial charge in [-0.15, -0.1) is 5.10 Å². The number of H-pyrrole nitrogens is 1. The van der Waals surface area contributed by atoms with E-state index in [1.54, 1.807) is 0 Å². The van der Waals surface area contributed by atoms with Gasteiger partial charge in [0.1, 0.15) is 6.54 Å². The topological polar surface area (TPSA) is 72.7 Å². The van der Waals surface area contributed by atoms with E-state index < -0.39 is 12.7 Å². The summed E-state index contributed by atoms with van der Waals surface area (Å²) in [5.74, 6) is -0.349. The molecule has 0 bridgehead atoms. The van der Waals surface area contributed by atoms with Crippen molar-refractivity contribution in [2.45, 2.75) is 44.7 Å². The summed E-state index contributed by atoms with van der Waals surface area (Å²) in [4.78, 5) is 24.7. The van der Waals surface area contributed by atoms with Gasteiger partial charge in [0, 0.05) is 23.5 Å². The van der Waals surface area contributed by atoms with Gasteiger partial charge in [0.2, 0.25) is 0 Å². The fraction of sp³-hybridized carbons (Fsp3) is 0.350. The molecule has 1 N–H and O–H groups in total. The second kappa shape index (κ2) is 8.95. The Hall–Kier alpha value is -2.75. The number of aromatic amines is 1. The molecule has 0 atom stereocenters. The molecule has 0 aliphatic rings. The number of nitrogens with one attached hydrogen (secondary N) is 1. The number of benzene rings is 1. The Kier molecular flexibility index (Phi) is 6.55. The van der Waals surface area contributed by atoms with Crippen molar-refractivity contribution in [1.29, 1.82) is 0 Å². The maximum Gasteiger partial charge on any atom is 0.406 e. The molecule has 160 valence electrons. The molecule has 2 heterocycles. The number of hydrogen-bond donors (Lipinski definition) is 1. The van der Waals surface area contributed by atoms with Crippen LogP contribution in [0.3, 0.4) is 0 Å². The summed E-state index contributed by atoms with van der Waals surface area (Å²) in [5.41, 5.74) is 1.59. The molecule has 3 rings (SSSR count). The predicted molar refractivity (Wildman–Crippen MR) is 108 cm³/mol. The summed E-state index contributed by atoms with van der Waals surface area (Å²) < 4.78 is 40.8. The molecule has 3 aromatic rings. The van der Waals surface area contributed by atoms with Gasteiger partial charge in [-0.2, -0.15) is 13.2 Å². The number of carbonyl (C=O) groups excluding carboxylic acids is 1. The number of thioether (sulfide) groups is 1. The van der Waals surface area contributed by atoms with E-state index in [-0.39, 0.29) is 28.5 Å². The number of rotatable bonds is 8. The summed E-state index contributed by atoms with van der Waals surface area (Å²) in [7, 11) is 0. The summed E-state index contributed by atoms with van der Waals surface area (Å²) in [6, 6.07) is 11.1. The SMILES string of the molecule is Cc1cc(C(=O)CSc2n[nH]c(=O)n2CCc2ccccc2)c(C)n1CC(F)(F)F. The third kappa shape index (κ3) is 5.24. The van der Waals surface area contributed by atoms with Gasteiger partial charge in [-0.05, 0) is 31.9 Å². The van der Waals surface area contributed by atoms with Crippen molar-refractivity contribution >= 4 is 17.5 Å². The molecule has 1 aromatic carbocycles. The van der Waals surface area contributed by atoms with Crippen molar-refractivity contribution in [3.8, 4) is 0 Å². The molecular weight excluding hydrogens is 417 g/mol. The summed E-state index contributed by atoms with van der Waals surface area (Å²) in [6.45, 7) is 2.30. The number of aromatic nitrogens is 4. The number of halogens is 3. The zero-order valence-corrected chi connectivity index (χ0v) is 17.3. The smallest absolute Gasteiger partial charge is 0.339 e. The maximum atomic E-state index is 12.8. The van der Waals surface area contributed by atoms with Crippen LogP contribution >= 0.6 is 11.8 Å². The zero-order valence-electron chi connectivity index (χ0n) is 16.5. The van der Waals surface area contributed by atoms with E-state index in [2.05, 4.69) is 10.2 Å². The van der Waals surface area contributed by atoms with E-state index >= 15 is 0 Å². The second-order valence-corrected chi connectivity index (χ2v) is 7.84. The van der Waals surface area contributed by atoms with Crippen molar-refractivity contribution in [2.24, 2.45) is 0 Å². The minimum Gasteiger partial charge on any atom is -0.339 e. The van der Waals surface area contributed by atoms with Crippen LogP contribution in [0.2, 0.25) is 0 Å². The van der Waals surface area contributed by atoms with E-state index in [1.807, 2.05) is 30.3 Å². The maximum absolute atomic E-state index is 12.8. The van der Waals surface area contributed by atoms with E-state index in [9.17, 15) is 22.8 Å². The number of carbonyl (C=O) groups is 1. The van der Waals surface area contributed by atoms with Gasteiger partial charge < -0.3 is 4.57 Å². The van der Waals surface area contributed by atoms with E-state index in [1.165, 1.54) is 24.5 Å². The van der Waals surface area contributed by atoms with Crippen molar-refractivity contribution < 1.29 is 18.0 Å². The number of hydrogen-bond acceptors (Lipinski definition) is 4. The van der Waals surface area contributed by atoms with Crippen LogP contribution in [-0.4, -0.2) is 37.0 Å². The molecule has 0 saturated heterocycles. The number of alkyl halides is 3. The third-order valence-electron chi connectivity index (χ3n) is 4.73. The first-order valence-electron chi connectivity index (χ1n) is 9.24. The van der Waals surface area contributed by atoms with Gasteiger partial charge in [0.05, 0.1) is 5.75 Å². The number of ketones is 1. The van der Waals surface area contributed by atoms with Gasteiger partial charge in [-0.1, -0.05) is 42.1 Å². The normalized spacial score (nSPS) is 11.8. The van der Waals surface area contributed by atoms with Crippen LogP contribution in [0, 0.1) is 13.8 Å². The van der Waals surface area contributed by atoms with Gasteiger partial charge in [0.15, 0.2) is 10.9 Å². The molecule has 2 aromatic heterocycles. The molecular formula is C20H21F3N4O2S. The molecule has 0 aliphatic carbocycles. The second-order valence-electron chi connectivity index (χ2n) is 6.90. The fourth-order valence-corrected chi connectivity index (χ4v) is 4.07. The zero-order chi connectivity index (χ0) is 21.9. The molecule has 0 saturated carbocycles. The first kappa shape index (κ1) is 21.9. The minimum atomic E-state index is -4.37. The van der Waals surface area contributed by atoms with Gasteiger partial charge in [-0.25, -0.2) is 9.89 Å². The van der Waals surface area contributed by atoms with Crippen molar-refractivity contribution in [3.63, 3.8) is 0 Å². The van der Waals surface area contributed by atoms with Gasteiger partial charge in [0.25, 0.3) is 0 Å². The van der Waals surface area contributed by atoms with E-state index in [0.29, 0.717) is 23.8 Å². The lowest BCUT2D eigenvalue weighted by Crippen LogP contribution is -2.20. The van der Waals surface area contributed by atoms with Crippen LogP contribution in [0.1, 0.15) is 27.3 Å². The summed E-state index contributed by atoms with van der Waals surface area (Å²) in [6.07, 6.45) is -3.74. The Bertz CT molecular complexity index is 1080. The molecule has 0 radical (unpaired) electrons. The lowest BCUT2D eigenvalue weighted by Gasteiger charge is -2.12. The van der Waals surface area contributed by atoms with E-state index in [4.69, 9.17) is 0 Å². The van der Waals surface area contributed by atoms with Crippen LogP contribution < -0.4 is 5.69 Å². The van der Waals surface area contributed by atoms with Crippen LogP contribution in [0.4, 0.5) is 13.2 Å². The van der Waals surface area contributed by atoms with Gasteiger partial charge >= 0.3 is 11.9 Å². The van der Waals surface area contributed by atoms with Gasteiger partial charge in [-0.3, -0.25) is 9.36 Å². The largest absolute Gasteiger partial charge is 0.406 e. The highest BCUT2D eigenvalue weighted by Crippen LogP contribution is 2.25. The third-order valence-corrected chi connectivity index (χ3v) is 5.71. The Balaban J connectivity index is 1.68. The number of aryl methyl sites for hydroxylation is 2. The molecule has 0 amide bonds. The Labute approximate surface area is 175 Å². The highest BCUT2D eigenvalue weighted by molar-refractivity contribution is 7.99. The monoisotopic (exact) mass is 438 g/mol. The van der Waals surface area contributed by atoms with Crippen molar-refractivity contribution in [3.05, 3.63) is 69.4 Å². The average Bonchev–Trinajstić information content (AvgIpc) is 3.18. The standard InChI is InChI=1S/C20H21F3N4O2S/c1-13-10-16(14(2)27(13)12-20(21,22)23)17(28)11-30-19-25-24-18(29)26(19)9-8-15-6-4-3-5-7-15/h3-7,10H,8-9,11-12H2,1-2H3,(H,24,29). The predicted octanol–water partition coefficient (Wildman–Crippen LogP) is 3.77. The molecule has 10 heteroatoms. The molecule has 0 aliphatic heterocycles. The Morgan fingerprint density at radius 3 is 2.53 bits per heavy atom. The average molecular weight is 438 g/mol. The fourth-order valence-electron chi connectivity index (χ4n) is 3.21. The lowest BCUT2D eigenvalue weighted by molar-refractivity contribution is -0.141. The first-order chi connectivity index (χ1) is 14.2. The minimum absolute atomic E-state index is 0.0358. The summed E-state index contributed by atoms with van der Waals surface area (Å²) >= 11 is 1.08. The first-order valence-corrected chi connectivity index (χ1v) is 10.2. The Morgan fingerprint density at radius 1 is 1.17 bits per heavy atom. The molecule has 0 unspecified atom stereocenters. The van der Waals surface area contributed by atoms with Crippen molar-refractivity contribution in [2.75, 3.05) is 5.75 Å². The lowest BCUT2D eigenvalue weighted by atomic mass is 10.1. The molecule has 0 spiro atoms. The van der Waals surface area contributed by atoms with Crippen LogP contribution in [0.15, 0.2) is 46.3 Å². The highest BCUT2D eigenvalue weighted by Gasteiger charge is 2.30.